The molecule has 0 radical (unpaired) electrons. The van der Waals surface area contributed by atoms with Gasteiger partial charge in [0.1, 0.15) is 0 Å². The van der Waals surface area contributed by atoms with Gasteiger partial charge < -0.3 is 9.42 Å². The van der Waals surface area contributed by atoms with Crippen LogP contribution in [0, 0.1) is 0 Å². The predicted octanol–water partition coefficient (Wildman–Crippen LogP) is 5.81. The Balaban J connectivity index is 1.26. The zero-order valence-electron chi connectivity index (χ0n) is 20.2. The zero-order chi connectivity index (χ0) is 23.8. The molecule has 2 aromatic carbocycles. The molecular weight excluding hydrogens is 426 g/mol. The fourth-order valence-electron chi connectivity index (χ4n) is 4.63. The van der Waals surface area contributed by atoms with Crippen LogP contribution in [0.15, 0.2) is 53.2 Å². The zero-order valence-corrected chi connectivity index (χ0v) is 20.2. The molecule has 3 heterocycles. The molecule has 0 bridgehead atoms. The van der Waals surface area contributed by atoms with E-state index in [1.165, 1.54) is 5.56 Å². The summed E-state index contributed by atoms with van der Waals surface area (Å²) in [5.41, 5.74) is 3.98. The molecule has 0 atom stereocenters. The molecule has 0 unspecified atom stereocenters. The highest BCUT2D eigenvalue weighted by atomic mass is 16.5. The Morgan fingerprint density at radius 3 is 2.44 bits per heavy atom. The molecular formula is C27H31N5O2. The number of piperidine rings is 1. The Bertz CT molecular complexity index is 1290. The topological polar surface area (TPSA) is 77.1 Å². The fraction of sp³-hybridized carbons (Fsp3) is 0.407. The van der Waals surface area contributed by atoms with Crippen molar-refractivity contribution in [3.05, 3.63) is 65.7 Å². The lowest BCUT2D eigenvalue weighted by atomic mass is 9.96. The monoisotopic (exact) mass is 457 g/mol. The van der Waals surface area contributed by atoms with Crippen LogP contribution < -0.4 is 0 Å². The molecule has 176 valence electrons. The van der Waals surface area contributed by atoms with Crippen LogP contribution in [0.2, 0.25) is 0 Å². The van der Waals surface area contributed by atoms with E-state index in [1.54, 1.807) is 0 Å². The van der Waals surface area contributed by atoms with Gasteiger partial charge >= 0.3 is 0 Å². The van der Waals surface area contributed by atoms with E-state index in [4.69, 9.17) is 9.51 Å². The first-order chi connectivity index (χ1) is 16.4. The Labute approximate surface area is 199 Å². The lowest BCUT2D eigenvalue weighted by molar-refractivity contribution is 0.0704. The van der Waals surface area contributed by atoms with E-state index in [-0.39, 0.29) is 17.9 Å². The van der Waals surface area contributed by atoms with E-state index in [0.717, 1.165) is 34.9 Å². The van der Waals surface area contributed by atoms with E-state index in [9.17, 15) is 4.79 Å². The Hall–Kier alpha value is -3.48. The molecule has 0 saturated carbocycles. The number of hydrogen-bond acceptors (Lipinski definition) is 5. The normalized spacial score (nSPS) is 15.1. The highest BCUT2D eigenvalue weighted by Crippen LogP contribution is 2.30. The van der Waals surface area contributed by atoms with Gasteiger partial charge in [-0.25, -0.2) is 0 Å². The van der Waals surface area contributed by atoms with Gasteiger partial charge in [-0.1, -0.05) is 43.3 Å². The molecule has 7 heteroatoms. The number of aromatic nitrogens is 4. The van der Waals surface area contributed by atoms with Crippen molar-refractivity contribution in [3.63, 3.8) is 0 Å². The number of amides is 1. The summed E-state index contributed by atoms with van der Waals surface area (Å²) in [4.78, 5) is 19.6. The van der Waals surface area contributed by atoms with E-state index < -0.39 is 0 Å². The van der Waals surface area contributed by atoms with E-state index in [2.05, 4.69) is 56.1 Å². The van der Waals surface area contributed by atoms with E-state index in [1.807, 2.05) is 40.0 Å². The molecule has 4 aromatic rings. The van der Waals surface area contributed by atoms with Crippen molar-refractivity contribution in [2.45, 2.75) is 58.4 Å². The van der Waals surface area contributed by atoms with Gasteiger partial charge in [0.05, 0.1) is 11.7 Å². The Morgan fingerprint density at radius 2 is 1.76 bits per heavy atom. The second-order valence-corrected chi connectivity index (χ2v) is 9.76. The Morgan fingerprint density at radius 1 is 1.03 bits per heavy atom. The van der Waals surface area contributed by atoms with Crippen molar-refractivity contribution >= 4 is 16.8 Å². The summed E-state index contributed by atoms with van der Waals surface area (Å²) in [6, 6.07) is 14.4. The largest absolute Gasteiger partial charge is 0.339 e. The highest BCUT2D eigenvalue weighted by Gasteiger charge is 2.28. The molecule has 1 amide bonds. The van der Waals surface area contributed by atoms with Crippen molar-refractivity contribution < 1.29 is 9.32 Å². The second-order valence-electron chi connectivity index (χ2n) is 9.76. The minimum atomic E-state index is 0.0926. The SMILES string of the molecule is CC(C)c1ccc(C(=O)N2CCC(c3nc(-c4ccc5cnn(C(C)C)c5c4)no3)CC2)cc1. The molecule has 1 fully saturated rings. The summed E-state index contributed by atoms with van der Waals surface area (Å²) in [5, 5.41) is 9.83. The first kappa shape index (κ1) is 22.3. The third kappa shape index (κ3) is 4.22. The lowest BCUT2D eigenvalue weighted by Crippen LogP contribution is -2.38. The molecule has 7 nitrogen and oxygen atoms in total. The average molecular weight is 458 g/mol. The molecule has 5 rings (SSSR count). The average Bonchev–Trinajstić information content (AvgIpc) is 3.51. The minimum absolute atomic E-state index is 0.0926. The molecule has 0 spiro atoms. The first-order valence-electron chi connectivity index (χ1n) is 12.1. The van der Waals surface area contributed by atoms with Gasteiger partial charge in [-0.15, -0.1) is 0 Å². The van der Waals surface area contributed by atoms with Crippen molar-refractivity contribution in [1.29, 1.82) is 0 Å². The van der Waals surface area contributed by atoms with Gasteiger partial charge in [0.25, 0.3) is 5.91 Å². The van der Waals surface area contributed by atoms with E-state index in [0.29, 0.717) is 30.7 Å². The highest BCUT2D eigenvalue weighted by molar-refractivity contribution is 5.94. The van der Waals surface area contributed by atoms with Gasteiger partial charge in [0, 0.05) is 41.6 Å². The Kier molecular flexibility index (Phi) is 5.94. The molecule has 1 aliphatic rings. The quantitative estimate of drug-likeness (QED) is 0.378. The smallest absolute Gasteiger partial charge is 0.253 e. The van der Waals surface area contributed by atoms with Gasteiger partial charge in [-0.3, -0.25) is 9.48 Å². The molecule has 34 heavy (non-hydrogen) atoms. The second kappa shape index (κ2) is 9.05. The van der Waals surface area contributed by atoms with Crippen molar-refractivity contribution in [1.82, 2.24) is 24.8 Å². The van der Waals surface area contributed by atoms with Crippen molar-refractivity contribution in [2.24, 2.45) is 0 Å². The third-order valence-electron chi connectivity index (χ3n) is 6.74. The molecule has 0 aliphatic carbocycles. The van der Waals surface area contributed by atoms with Crippen molar-refractivity contribution in [2.75, 3.05) is 13.1 Å². The summed E-state index contributed by atoms with van der Waals surface area (Å²) in [6.07, 6.45) is 3.52. The number of likely N-dealkylation sites (tertiary alicyclic amines) is 1. The van der Waals surface area contributed by atoms with Crippen LogP contribution >= 0.6 is 0 Å². The summed E-state index contributed by atoms with van der Waals surface area (Å²) in [6.45, 7) is 9.92. The molecule has 0 N–H and O–H groups in total. The van der Waals surface area contributed by atoms with Gasteiger partial charge in [-0.05, 0) is 56.4 Å². The van der Waals surface area contributed by atoms with Crippen LogP contribution in [0.5, 0.6) is 0 Å². The van der Waals surface area contributed by atoms with Crippen LogP contribution in [0.3, 0.4) is 0 Å². The van der Waals surface area contributed by atoms with Crippen LogP contribution in [-0.4, -0.2) is 43.8 Å². The summed E-state index contributed by atoms with van der Waals surface area (Å²) >= 11 is 0. The number of hydrogen-bond donors (Lipinski definition) is 0. The summed E-state index contributed by atoms with van der Waals surface area (Å²) in [7, 11) is 0. The number of fused-ring (bicyclic) bond motifs is 1. The van der Waals surface area contributed by atoms with Crippen molar-refractivity contribution in [3.8, 4) is 11.4 Å². The van der Waals surface area contributed by atoms with Crippen LogP contribution in [0.25, 0.3) is 22.3 Å². The van der Waals surface area contributed by atoms with Crippen LogP contribution in [-0.2, 0) is 0 Å². The fourth-order valence-corrected chi connectivity index (χ4v) is 4.63. The van der Waals surface area contributed by atoms with E-state index >= 15 is 0 Å². The molecule has 1 aliphatic heterocycles. The number of carbonyl (C=O) groups excluding carboxylic acids is 1. The minimum Gasteiger partial charge on any atom is -0.339 e. The maximum atomic E-state index is 12.9. The first-order valence-corrected chi connectivity index (χ1v) is 12.1. The number of carbonyl (C=O) groups is 1. The van der Waals surface area contributed by atoms with Gasteiger partial charge in [0.15, 0.2) is 0 Å². The third-order valence-corrected chi connectivity index (χ3v) is 6.74. The standard InChI is InChI=1S/C27H31N5O2/c1-17(2)19-5-7-21(8-6-19)27(33)31-13-11-20(12-14-31)26-29-25(30-34-26)22-9-10-23-16-28-32(18(3)4)24(23)15-22/h5-10,15-18,20H,11-14H2,1-4H3. The summed E-state index contributed by atoms with van der Waals surface area (Å²) < 4.78 is 7.66. The number of nitrogens with zero attached hydrogens (tertiary/aromatic N) is 5. The van der Waals surface area contributed by atoms with Gasteiger partial charge in [-0.2, -0.15) is 10.1 Å². The number of benzene rings is 2. The predicted molar refractivity (Wildman–Crippen MR) is 132 cm³/mol. The number of rotatable bonds is 5. The van der Waals surface area contributed by atoms with Crippen LogP contribution in [0.4, 0.5) is 0 Å². The van der Waals surface area contributed by atoms with Crippen LogP contribution in [0.1, 0.15) is 80.2 Å². The van der Waals surface area contributed by atoms with Gasteiger partial charge in [0.2, 0.25) is 11.7 Å². The summed E-state index contributed by atoms with van der Waals surface area (Å²) in [5.74, 6) is 1.96. The molecule has 1 saturated heterocycles. The molecule has 2 aromatic heterocycles. The maximum Gasteiger partial charge on any atom is 0.253 e. The lowest BCUT2D eigenvalue weighted by Gasteiger charge is -2.30. The maximum absolute atomic E-state index is 12.9.